The zero-order chi connectivity index (χ0) is 15.2. The van der Waals surface area contributed by atoms with Gasteiger partial charge >= 0.3 is 0 Å². The summed E-state index contributed by atoms with van der Waals surface area (Å²) in [4.78, 5) is 27.9. The normalized spacial score (nSPS) is 12.1. The average Bonchev–Trinajstić information content (AvgIpc) is 2.95. The summed E-state index contributed by atoms with van der Waals surface area (Å²) < 4.78 is 3.12. The number of hydrogen-bond acceptors (Lipinski definition) is 4. The maximum absolute atomic E-state index is 12.1. The van der Waals surface area contributed by atoms with Crippen LogP contribution in [0.4, 0.5) is 0 Å². The van der Waals surface area contributed by atoms with Crippen molar-refractivity contribution in [2.24, 2.45) is 0 Å². The van der Waals surface area contributed by atoms with Crippen molar-refractivity contribution in [1.82, 2.24) is 24.6 Å². The Hall–Kier alpha value is -2.44. The van der Waals surface area contributed by atoms with Gasteiger partial charge in [0.1, 0.15) is 18.7 Å². The summed E-state index contributed by atoms with van der Waals surface area (Å²) in [5, 5.41) is 7.01. The molecule has 7 heteroatoms. The van der Waals surface area contributed by atoms with Gasteiger partial charge < -0.3 is 9.88 Å². The van der Waals surface area contributed by atoms with Crippen molar-refractivity contribution in [3.05, 3.63) is 46.9 Å². The highest BCUT2D eigenvalue weighted by Crippen LogP contribution is 2.13. The van der Waals surface area contributed by atoms with Crippen molar-refractivity contribution in [2.45, 2.75) is 39.4 Å². The van der Waals surface area contributed by atoms with Crippen LogP contribution in [-0.2, 0) is 17.9 Å². The van der Waals surface area contributed by atoms with Gasteiger partial charge in [-0.3, -0.25) is 9.59 Å². The molecule has 112 valence electrons. The Labute approximate surface area is 122 Å². The smallest absolute Gasteiger partial charge is 0.250 e. The second kappa shape index (κ2) is 6.83. The van der Waals surface area contributed by atoms with Gasteiger partial charge in [0.25, 0.3) is 5.56 Å². The van der Waals surface area contributed by atoms with E-state index >= 15 is 0 Å². The molecule has 0 fully saturated rings. The number of carbonyl (C=O) groups is 1. The third-order valence-corrected chi connectivity index (χ3v) is 3.21. The topological polar surface area (TPSA) is 81.8 Å². The molecule has 21 heavy (non-hydrogen) atoms. The predicted molar refractivity (Wildman–Crippen MR) is 77.6 cm³/mol. The molecule has 0 saturated carbocycles. The van der Waals surface area contributed by atoms with Crippen molar-refractivity contribution < 1.29 is 4.79 Å². The SMILES string of the molecule is CC[C@@H](NC(=O)Cn1ccccc1=O)c1ncnn1CC. The van der Waals surface area contributed by atoms with E-state index in [1.165, 1.54) is 17.0 Å². The van der Waals surface area contributed by atoms with E-state index in [1.54, 1.807) is 23.0 Å². The molecule has 0 unspecified atom stereocenters. The predicted octanol–water partition coefficient (Wildman–Crippen LogP) is 0.727. The largest absolute Gasteiger partial charge is 0.345 e. The Balaban J connectivity index is 2.07. The number of pyridine rings is 1. The van der Waals surface area contributed by atoms with Gasteiger partial charge in [-0.25, -0.2) is 9.67 Å². The van der Waals surface area contributed by atoms with Crippen LogP contribution in [0.5, 0.6) is 0 Å². The van der Waals surface area contributed by atoms with Crippen LogP contribution in [0.15, 0.2) is 35.5 Å². The highest BCUT2D eigenvalue weighted by molar-refractivity contribution is 5.76. The van der Waals surface area contributed by atoms with Gasteiger partial charge in [-0.1, -0.05) is 13.0 Å². The molecule has 0 spiro atoms. The fourth-order valence-electron chi connectivity index (χ4n) is 2.12. The second-order valence-electron chi connectivity index (χ2n) is 4.63. The zero-order valence-electron chi connectivity index (χ0n) is 12.2. The quantitative estimate of drug-likeness (QED) is 0.850. The van der Waals surface area contributed by atoms with Gasteiger partial charge in [0.05, 0.1) is 6.04 Å². The van der Waals surface area contributed by atoms with Crippen molar-refractivity contribution in [3.8, 4) is 0 Å². The zero-order valence-corrected chi connectivity index (χ0v) is 12.2. The maximum atomic E-state index is 12.1. The summed E-state index contributed by atoms with van der Waals surface area (Å²) in [7, 11) is 0. The van der Waals surface area contributed by atoms with E-state index in [4.69, 9.17) is 0 Å². The molecule has 2 aromatic rings. The van der Waals surface area contributed by atoms with Crippen molar-refractivity contribution in [1.29, 1.82) is 0 Å². The van der Waals surface area contributed by atoms with Gasteiger partial charge in [0.15, 0.2) is 0 Å². The molecule has 0 bridgehead atoms. The van der Waals surface area contributed by atoms with Crippen molar-refractivity contribution in [2.75, 3.05) is 0 Å². The Morgan fingerprint density at radius 1 is 1.38 bits per heavy atom. The van der Waals surface area contributed by atoms with Gasteiger partial charge in [-0.2, -0.15) is 5.10 Å². The third kappa shape index (κ3) is 3.56. The van der Waals surface area contributed by atoms with E-state index in [1.807, 2.05) is 13.8 Å². The lowest BCUT2D eigenvalue weighted by molar-refractivity contribution is -0.122. The first-order chi connectivity index (χ1) is 10.2. The number of hydrogen-bond donors (Lipinski definition) is 1. The lowest BCUT2D eigenvalue weighted by Gasteiger charge is -2.17. The maximum Gasteiger partial charge on any atom is 0.250 e. The van der Waals surface area contributed by atoms with Crippen molar-refractivity contribution in [3.63, 3.8) is 0 Å². The fraction of sp³-hybridized carbons (Fsp3) is 0.429. The number of aryl methyl sites for hydroxylation is 1. The van der Waals surface area contributed by atoms with Gasteiger partial charge in [-0.05, 0) is 19.4 Å². The molecule has 1 N–H and O–H groups in total. The molecule has 1 atom stereocenters. The summed E-state index contributed by atoms with van der Waals surface area (Å²) in [5.41, 5.74) is -0.197. The molecular weight excluding hydrogens is 270 g/mol. The molecule has 0 aliphatic rings. The van der Waals surface area contributed by atoms with Gasteiger partial charge in [0, 0.05) is 18.8 Å². The summed E-state index contributed by atoms with van der Waals surface area (Å²) in [6.07, 6.45) is 3.78. The van der Waals surface area contributed by atoms with Crippen LogP contribution in [0.1, 0.15) is 32.1 Å². The Kier molecular flexibility index (Phi) is 4.86. The second-order valence-corrected chi connectivity index (χ2v) is 4.63. The minimum atomic E-state index is -0.221. The number of nitrogens with zero attached hydrogens (tertiary/aromatic N) is 4. The Morgan fingerprint density at radius 3 is 2.86 bits per heavy atom. The van der Waals surface area contributed by atoms with E-state index in [0.29, 0.717) is 13.0 Å². The number of amides is 1. The first kappa shape index (κ1) is 15.0. The van der Waals surface area contributed by atoms with Crippen LogP contribution in [-0.4, -0.2) is 25.2 Å². The van der Waals surface area contributed by atoms with E-state index < -0.39 is 0 Å². The number of nitrogens with one attached hydrogen (secondary N) is 1. The van der Waals surface area contributed by atoms with Crippen LogP contribution in [0.2, 0.25) is 0 Å². The van der Waals surface area contributed by atoms with E-state index in [2.05, 4.69) is 15.4 Å². The molecule has 0 radical (unpaired) electrons. The summed E-state index contributed by atoms with van der Waals surface area (Å²) in [6, 6.07) is 4.59. The average molecular weight is 289 g/mol. The summed E-state index contributed by atoms with van der Waals surface area (Å²) in [6.45, 7) is 4.63. The summed E-state index contributed by atoms with van der Waals surface area (Å²) >= 11 is 0. The Morgan fingerprint density at radius 2 is 2.19 bits per heavy atom. The fourth-order valence-corrected chi connectivity index (χ4v) is 2.12. The Bertz CT molecular complexity index is 661. The molecule has 0 aliphatic heterocycles. The third-order valence-electron chi connectivity index (χ3n) is 3.21. The molecular formula is C14H19N5O2. The van der Waals surface area contributed by atoms with Gasteiger partial charge in [-0.15, -0.1) is 0 Å². The molecule has 2 heterocycles. The van der Waals surface area contributed by atoms with E-state index in [0.717, 1.165) is 5.82 Å². The molecule has 0 saturated heterocycles. The minimum absolute atomic E-state index is 0.00354. The van der Waals surface area contributed by atoms with Crippen molar-refractivity contribution >= 4 is 5.91 Å². The highest BCUT2D eigenvalue weighted by atomic mass is 16.2. The lowest BCUT2D eigenvalue weighted by Crippen LogP contribution is -2.35. The molecule has 2 rings (SSSR count). The standard InChI is InChI=1S/C14H19N5O2/c1-3-11(14-15-10-16-19(14)4-2)17-12(20)9-18-8-6-5-7-13(18)21/h5-8,10-11H,3-4,9H2,1-2H3,(H,17,20)/t11-/m1/s1. The first-order valence-electron chi connectivity index (χ1n) is 6.98. The summed E-state index contributed by atoms with van der Waals surface area (Å²) in [5.74, 6) is 0.509. The van der Waals surface area contributed by atoms with Gasteiger partial charge in [0.2, 0.25) is 5.91 Å². The number of carbonyl (C=O) groups excluding carboxylic acids is 1. The lowest BCUT2D eigenvalue weighted by atomic mass is 10.2. The molecule has 2 aromatic heterocycles. The molecule has 0 aliphatic carbocycles. The van der Waals surface area contributed by atoms with Crippen LogP contribution in [0, 0.1) is 0 Å². The van der Waals surface area contributed by atoms with E-state index in [9.17, 15) is 9.59 Å². The van der Waals surface area contributed by atoms with E-state index in [-0.39, 0.29) is 24.1 Å². The van der Waals surface area contributed by atoms with Crippen LogP contribution >= 0.6 is 0 Å². The highest BCUT2D eigenvalue weighted by Gasteiger charge is 2.18. The molecule has 7 nitrogen and oxygen atoms in total. The van der Waals surface area contributed by atoms with Crippen LogP contribution < -0.4 is 10.9 Å². The van der Waals surface area contributed by atoms with Crippen LogP contribution in [0.3, 0.4) is 0 Å². The number of aromatic nitrogens is 4. The number of rotatable bonds is 6. The first-order valence-corrected chi connectivity index (χ1v) is 6.98. The molecule has 1 amide bonds. The van der Waals surface area contributed by atoms with Crippen LogP contribution in [0.25, 0.3) is 0 Å². The molecule has 0 aromatic carbocycles. The monoisotopic (exact) mass is 289 g/mol. The minimum Gasteiger partial charge on any atom is -0.345 e.